The van der Waals surface area contributed by atoms with Crippen molar-refractivity contribution in [3.63, 3.8) is 0 Å². The average molecular weight is 211 g/mol. The van der Waals surface area contributed by atoms with E-state index in [1.54, 1.807) is 0 Å². The Morgan fingerprint density at radius 3 is 2.57 bits per heavy atom. The highest BCUT2D eigenvalue weighted by molar-refractivity contribution is 6.30. The molecule has 0 bridgehead atoms. The number of hydrogen-bond acceptors (Lipinski definition) is 2. The van der Waals surface area contributed by atoms with Crippen molar-refractivity contribution in [3.8, 4) is 0 Å². The van der Waals surface area contributed by atoms with Gasteiger partial charge in [-0.15, -0.1) is 0 Å². The van der Waals surface area contributed by atoms with Crippen LogP contribution in [-0.4, -0.2) is 19.6 Å². The summed E-state index contributed by atoms with van der Waals surface area (Å²) in [6, 6.07) is 8.00. The Bertz CT molecular complexity index is 280. The van der Waals surface area contributed by atoms with E-state index >= 15 is 0 Å². The zero-order valence-electron chi connectivity index (χ0n) is 8.09. The van der Waals surface area contributed by atoms with Crippen LogP contribution in [0.1, 0.15) is 5.56 Å². The van der Waals surface area contributed by atoms with Crippen molar-refractivity contribution in [3.05, 3.63) is 34.9 Å². The van der Waals surface area contributed by atoms with Crippen LogP contribution in [0.4, 0.5) is 0 Å². The lowest BCUT2D eigenvalue weighted by Gasteiger charge is -2.27. The molecule has 1 aromatic rings. The fourth-order valence-electron chi connectivity index (χ4n) is 1.52. The molecule has 0 amide bonds. The summed E-state index contributed by atoms with van der Waals surface area (Å²) in [5.74, 6) is 0.822. The Kier molecular flexibility index (Phi) is 3.40. The van der Waals surface area contributed by atoms with Gasteiger partial charge in [0.15, 0.2) is 0 Å². The summed E-state index contributed by atoms with van der Waals surface area (Å²) < 4.78 is 0. The van der Waals surface area contributed by atoms with Gasteiger partial charge in [-0.2, -0.15) is 0 Å². The van der Waals surface area contributed by atoms with Crippen molar-refractivity contribution in [2.24, 2.45) is 5.92 Å². The maximum atomic E-state index is 5.80. The van der Waals surface area contributed by atoms with E-state index in [0.717, 1.165) is 37.1 Å². The standard InChI is InChI=1S/C11H15ClN2/c12-11-3-1-9(2-4-11)5-13-6-10-7-14-8-10/h1-4,10,13-14H,5-8H2. The van der Waals surface area contributed by atoms with Crippen molar-refractivity contribution < 1.29 is 0 Å². The maximum absolute atomic E-state index is 5.80. The molecule has 1 aliphatic rings. The molecule has 1 saturated heterocycles. The van der Waals surface area contributed by atoms with E-state index < -0.39 is 0 Å². The lowest BCUT2D eigenvalue weighted by atomic mass is 10.0. The van der Waals surface area contributed by atoms with Gasteiger partial charge >= 0.3 is 0 Å². The molecule has 3 heteroatoms. The quantitative estimate of drug-likeness (QED) is 0.790. The Labute approximate surface area is 89.7 Å². The van der Waals surface area contributed by atoms with E-state index in [4.69, 9.17) is 11.6 Å². The molecule has 2 rings (SSSR count). The first-order valence-electron chi connectivity index (χ1n) is 5.00. The van der Waals surface area contributed by atoms with Crippen LogP contribution in [0, 0.1) is 5.92 Å². The first-order valence-corrected chi connectivity index (χ1v) is 5.38. The Morgan fingerprint density at radius 1 is 1.29 bits per heavy atom. The number of nitrogens with one attached hydrogen (secondary N) is 2. The minimum absolute atomic E-state index is 0.803. The van der Waals surface area contributed by atoms with Crippen LogP contribution in [0.25, 0.3) is 0 Å². The Balaban J connectivity index is 1.71. The molecule has 1 aromatic carbocycles. The molecule has 14 heavy (non-hydrogen) atoms. The summed E-state index contributed by atoms with van der Waals surface area (Å²) in [7, 11) is 0. The molecule has 1 heterocycles. The van der Waals surface area contributed by atoms with E-state index in [2.05, 4.69) is 22.8 Å². The fourth-order valence-corrected chi connectivity index (χ4v) is 1.64. The molecule has 0 spiro atoms. The van der Waals surface area contributed by atoms with Gasteiger partial charge in [-0.1, -0.05) is 23.7 Å². The molecule has 76 valence electrons. The third kappa shape index (κ3) is 2.71. The third-order valence-corrected chi connectivity index (χ3v) is 2.79. The van der Waals surface area contributed by atoms with Crippen LogP contribution in [-0.2, 0) is 6.54 Å². The van der Waals surface area contributed by atoms with E-state index in [0.29, 0.717) is 0 Å². The summed E-state index contributed by atoms with van der Waals surface area (Å²) in [6.45, 7) is 4.37. The Morgan fingerprint density at radius 2 is 2.00 bits per heavy atom. The normalized spacial score (nSPS) is 16.6. The molecule has 0 atom stereocenters. The topological polar surface area (TPSA) is 24.1 Å². The van der Waals surface area contributed by atoms with Crippen LogP contribution in [0.5, 0.6) is 0 Å². The first kappa shape index (κ1) is 9.97. The van der Waals surface area contributed by atoms with Crippen LogP contribution in [0.3, 0.4) is 0 Å². The lowest BCUT2D eigenvalue weighted by Crippen LogP contribution is -2.47. The smallest absolute Gasteiger partial charge is 0.0406 e. The van der Waals surface area contributed by atoms with E-state index in [9.17, 15) is 0 Å². The molecular formula is C11H15ClN2. The maximum Gasteiger partial charge on any atom is 0.0406 e. The molecule has 0 saturated carbocycles. The summed E-state index contributed by atoms with van der Waals surface area (Å²) in [6.07, 6.45) is 0. The SMILES string of the molecule is Clc1ccc(CNCC2CNC2)cc1. The lowest BCUT2D eigenvalue weighted by molar-refractivity contribution is 0.331. The van der Waals surface area contributed by atoms with Crippen LogP contribution >= 0.6 is 11.6 Å². The first-order chi connectivity index (χ1) is 6.84. The highest BCUT2D eigenvalue weighted by Crippen LogP contribution is 2.09. The fraction of sp³-hybridized carbons (Fsp3) is 0.455. The molecule has 0 radical (unpaired) electrons. The van der Waals surface area contributed by atoms with Crippen molar-refractivity contribution >= 4 is 11.6 Å². The monoisotopic (exact) mass is 210 g/mol. The zero-order valence-corrected chi connectivity index (χ0v) is 8.85. The highest BCUT2D eigenvalue weighted by atomic mass is 35.5. The zero-order chi connectivity index (χ0) is 9.80. The average Bonchev–Trinajstić information content (AvgIpc) is 2.12. The molecule has 1 fully saturated rings. The Hall–Kier alpha value is -0.570. The summed E-state index contributed by atoms with van der Waals surface area (Å²) in [5.41, 5.74) is 1.29. The van der Waals surface area contributed by atoms with E-state index in [-0.39, 0.29) is 0 Å². The van der Waals surface area contributed by atoms with Crippen molar-refractivity contribution in [2.75, 3.05) is 19.6 Å². The van der Waals surface area contributed by atoms with Gasteiger partial charge in [0, 0.05) is 31.2 Å². The van der Waals surface area contributed by atoms with Gasteiger partial charge in [0.05, 0.1) is 0 Å². The summed E-state index contributed by atoms with van der Waals surface area (Å²) in [4.78, 5) is 0. The summed E-state index contributed by atoms with van der Waals surface area (Å²) >= 11 is 5.80. The van der Waals surface area contributed by atoms with Gasteiger partial charge in [0.2, 0.25) is 0 Å². The second-order valence-corrected chi connectivity index (χ2v) is 4.22. The number of benzene rings is 1. The van der Waals surface area contributed by atoms with Crippen molar-refractivity contribution in [2.45, 2.75) is 6.54 Å². The second-order valence-electron chi connectivity index (χ2n) is 3.78. The molecule has 2 N–H and O–H groups in total. The van der Waals surface area contributed by atoms with Crippen molar-refractivity contribution in [1.82, 2.24) is 10.6 Å². The van der Waals surface area contributed by atoms with Gasteiger partial charge < -0.3 is 10.6 Å². The van der Waals surface area contributed by atoms with Gasteiger partial charge in [0.25, 0.3) is 0 Å². The van der Waals surface area contributed by atoms with E-state index in [1.807, 2.05) is 12.1 Å². The van der Waals surface area contributed by atoms with Crippen LogP contribution in [0.15, 0.2) is 24.3 Å². The minimum atomic E-state index is 0.803. The van der Waals surface area contributed by atoms with E-state index in [1.165, 1.54) is 5.56 Å². The number of halogens is 1. The molecule has 0 aliphatic carbocycles. The second kappa shape index (κ2) is 4.78. The minimum Gasteiger partial charge on any atom is -0.316 e. The van der Waals surface area contributed by atoms with Gasteiger partial charge in [0.1, 0.15) is 0 Å². The number of rotatable bonds is 4. The number of hydrogen-bond donors (Lipinski definition) is 2. The molecule has 2 nitrogen and oxygen atoms in total. The summed E-state index contributed by atoms with van der Waals surface area (Å²) in [5, 5.41) is 7.50. The third-order valence-electron chi connectivity index (χ3n) is 2.54. The predicted octanol–water partition coefficient (Wildman–Crippen LogP) is 1.65. The molecule has 0 aromatic heterocycles. The van der Waals surface area contributed by atoms with Gasteiger partial charge in [-0.3, -0.25) is 0 Å². The highest BCUT2D eigenvalue weighted by Gasteiger charge is 2.15. The molecule has 1 aliphatic heterocycles. The van der Waals surface area contributed by atoms with Crippen LogP contribution < -0.4 is 10.6 Å². The molecular weight excluding hydrogens is 196 g/mol. The van der Waals surface area contributed by atoms with Crippen molar-refractivity contribution in [1.29, 1.82) is 0 Å². The molecule has 0 unspecified atom stereocenters. The van der Waals surface area contributed by atoms with Gasteiger partial charge in [-0.05, 0) is 23.6 Å². The van der Waals surface area contributed by atoms with Gasteiger partial charge in [-0.25, -0.2) is 0 Å². The largest absolute Gasteiger partial charge is 0.316 e. The predicted molar refractivity (Wildman–Crippen MR) is 59.5 cm³/mol. The van der Waals surface area contributed by atoms with Crippen LogP contribution in [0.2, 0.25) is 5.02 Å².